The van der Waals surface area contributed by atoms with Crippen molar-refractivity contribution >= 4 is 27.7 Å². The number of aromatic carboxylic acids is 1. The third-order valence-electron chi connectivity index (χ3n) is 5.75. The second-order valence-corrected chi connectivity index (χ2v) is 8.91. The van der Waals surface area contributed by atoms with E-state index in [-0.39, 0.29) is 17.3 Å². The first-order chi connectivity index (χ1) is 15.5. The van der Waals surface area contributed by atoms with Crippen molar-refractivity contribution in [3.8, 4) is 11.5 Å². The predicted molar refractivity (Wildman–Crippen MR) is 126 cm³/mol. The van der Waals surface area contributed by atoms with Gasteiger partial charge in [-0.25, -0.2) is 4.79 Å². The van der Waals surface area contributed by atoms with Crippen LogP contribution in [0.5, 0.6) is 11.5 Å². The number of Topliss-reactive ketones (excluding diaryl/α,β-unsaturated/α-hetero) is 1. The lowest BCUT2D eigenvalue weighted by Crippen LogP contribution is -2.35. The Balaban J connectivity index is 1.27. The number of carbonyl (C=O) groups is 2. The van der Waals surface area contributed by atoms with E-state index in [1.165, 1.54) is 17.7 Å². The molecule has 1 saturated heterocycles. The number of carboxylic acid groups (broad SMARTS) is 1. The number of benzene rings is 3. The summed E-state index contributed by atoms with van der Waals surface area (Å²) >= 11 is 3.41. The smallest absolute Gasteiger partial charge is 0.335 e. The minimum absolute atomic E-state index is 0.0933. The van der Waals surface area contributed by atoms with E-state index in [0.717, 1.165) is 42.5 Å². The molecule has 0 spiro atoms. The minimum Gasteiger partial charge on any atom is -0.478 e. The molecular weight excluding hydrogens is 470 g/mol. The zero-order valence-corrected chi connectivity index (χ0v) is 19.1. The molecule has 164 valence electrons. The maximum Gasteiger partial charge on any atom is 0.335 e. The summed E-state index contributed by atoms with van der Waals surface area (Å²) < 4.78 is 6.78. The van der Waals surface area contributed by atoms with Gasteiger partial charge in [-0.3, -0.25) is 9.69 Å². The number of hydrogen-bond acceptors (Lipinski definition) is 4. The van der Waals surface area contributed by atoms with Gasteiger partial charge in [-0.05, 0) is 80.0 Å². The lowest BCUT2D eigenvalue weighted by Gasteiger charge is -2.31. The molecule has 0 saturated carbocycles. The second kappa shape index (κ2) is 10.1. The number of piperidine rings is 1. The molecule has 0 aromatic heterocycles. The van der Waals surface area contributed by atoms with Gasteiger partial charge in [-0.15, -0.1) is 0 Å². The van der Waals surface area contributed by atoms with Crippen LogP contribution in [-0.4, -0.2) is 34.8 Å². The van der Waals surface area contributed by atoms with E-state index in [9.17, 15) is 9.59 Å². The molecule has 0 atom stereocenters. The van der Waals surface area contributed by atoms with E-state index in [1.807, 2.05) is 48.5 Å². The number of carboxylic acids is 1. The van der Waals surface area contributed by atoms with Gasteiger partial charge in [0, 0.05) is 22.5 Å². The Bertz CT molecular complexity index is 1070. The van der Waals surface area contributed by atoms with E-state index in [2.05, 4.69) is 20.8 Å². The number of carbonyl (C=O) groups excluding carboxylic acids is 1. The van der Waals surface area contributed by atoms with Crippen LogP contribution < -0.4 is 4.74 Å². The summed E-state index contributed by atoms with van der Waals surface area (Å²) in [6.45, 7) is 2.65. The molecule has 5 nitrogen and oxygen atoms in total. The number of halogens is 1. The average molecular weight is 494 g/mol. The first-order valence-corrected chi connectivity index (χ1v) is 11.4. The molecule has 32 heavy (non-hydrogen) atoms. The Morgan fingerprint density at radius 2 is 1.38 bits per heavy atom. The molecule has 4 rings (SSSR count). The van der Waals surface area contributed by atoms with E-state index < -0.39 is 5.97 Å². The molecule has 3 aromatic rings. The van der Waals surface area contributed by atoms with Gasteiger partial charge in [0.15, 0.2) is 5.78 Å². The van der Waals surface area contributed by atoms with Crippen LogP contribution in [0.4, 0.5) is 0 Å². The van der Waals surface area contributed by atoms with Crippen molar-refractivity contribution in [2.75, 3.05) is 13.1 Å². The second-order valence-electron chi connectivity index (χ2n) is 8.00. The molecule has 0 aliphatic carbocycles. The van der Waals surface area contributed by atoms with E-state index >= 15 is 0 Å². The third-order valence-corrected chi connectivity index (χ3v) is 6.28. The van der Waals surface area contributed by atoms with Crippen LogP contribution in [0.2, 0.25) is 0 Å². The number of rotatable bonds is 7. The van der Waals surface area contributed by atoms with Gasteiger partial charge in [0.2, 0.25) is 0 Å². The Morgan fingerprint density at radius 1 is 0.844 bits per heavy atom. The predicted octanol–water partition coefficient (Wildman–Crippen LogP) is 6.03. The van der Waals surface area contributed by atoms with Crippen LogP contribution in [0.15, 0.2) is 77.3 Å². The topological polar surface area (TPSA) is 66.8 Å². The van der Waals surface area contributed by atoms with Gasteiger partial charge >= 0.3 is 5.97 Å². The Hall–Kier alpha value is -2.96. The van der Waals surface area contributed by atoms with Crippen molar-refractivity contribution in [1.29, 1.82) is 0 Å². The van der Waals surface area contributed by atoms with Crippen molar-refractivity contribution in [3.63, 3.8) is 0 Å². The Morgan fingerprint density at radius 3 is 1.94 bits per heavy atom. The fourth-order valence-corrected chi connectivity index (χ4v) is 4.19. The van der Waals surface area contributed by atoms with Gasteiger partial charge in [-0.2, -0.15) is 0 Å². The summed E-state index contributed by atoms with van der Waals surface area (Å²) in [6.07, 6.45) is 1.75. The molecule has 1 aliphatic heterocycles. The molecule has 0 bridgehead atoms. The zero-order valence-electron chi connectivity index (χ0n) is 17.5. The molecule has 1 heterocycles. The highest BCUT2D eigenvalue weighted by molar-refractivity contribution is 9.10. The van der Waals surface area contributed by atoms with Gasteiger partial charge < -0.3 is 9.84 Å². The van der Waals surface area contributed by atoms with Crippen molar-refractivity contribution in [3.05, 3.63) is 94.0 Å². The Labute approximate surface area is 195 Å². The average Bonchev–Trinajstić information content (AvgIpc) is 2.81. The molecule has 1 N–H and O–H groups in total. The lowest BCUT2D eigenvalue weighted by atomic mass is 9.89. The molecule has 3 aromatic carbocycles. The van der Waals surface area contributed by atoms with Crippen molar-refractivity contribution in [2.45, 2.75) is 19.4 Å². The zero-order chi connectivity index (χ0) is 22.5. The third kappa shape index (κ3) is 5.64. The van der Waals surface area contributed by atoms with Gasteiger partial charge in [0.25, 0.3) is 0 Å². The highest BCUT2D eigenvalue weighted by Gasteiger charge is 2.25. The normalized spacial score (nSPS) is 14.8. The van der Waals surface area contributed by atoms with Crippen LogP contribution in [0.3, 0.4) is 0 Å². The van der Waals surface area contributed by atoms with Crippen molar-refractivity contribution in [2.24, 2.45) is 5.92 Å². The number of ketones is 1. The summed E-state index contributed by atoms with van der Waals surface area (Å²) in [7, 11) is 0. The quantitative estimate of drug-likeness (QED) is 0.406. The molecular formula is C26H24BrNO4. The first-order valence-electron chi connectivity index (χ1n) is 10.6. The number of nitrogens with zero attached hydrogens (tertiary/aromatic N) is 1. The summed E-state index contributed by atoms with van der Waals surface area (Å²) in [6, 6.07) is 21.9. The SMILES string of the molecule is O=C(O)c1ccc(Oc2ccc(CN3CCC(C(=O)c4ccc(Br)cc4)CC3)cc2)cc1. The molecule has 0 amide bonds. The van der Waals surface area contributed by atoms with Crippen LogP contribution in [-0.2, 0) is 6.54 Å². The van der Waals surface area contributed by atoms with Gasteiger partial charge in [0.05, 0.1) is 5.56 Å². The monoisotopic (exact) mass is 493 g/mol. The fourth-order valence-electron chi connectivity index (χ4n) is 3.93. The van der Waals surface area contributed by atoms with Gasteiger partial charge in [-0.1, -0.05) is 40.2 Å². The van der Waals surface area contributed by atoms with E-state index in [4.69, 9.17) is 9.84 Å². The maximum absolute atomic E-state index is 12.7. The Kier molecular flexibility index (Phi) is 7.02. The summed E-state index contributed by atoms with van der Waals surface area (Å²) in [5.41, 5.74) is 2.21. The van der Waals surface area contributed by atoms with Crippen LogP contribution in [0.25, 0.3) is 0 Å². The molecule has 0 radical (unpaired) electrons. The number of ether oxygens (including phenoxy) is 1. The first kappa shape index (κ1) is 22.2. The lowest BCUT2D eigenvalue weighted by molar-refractivity contribution is 0.0696. The van der Waals surface area contributed by atoms with Crippen LogP contribution >= 0.6 is 15.9 Å². The molecule has 1 aliphatic rings. The minimum atomic E-state index is -0.956. The fraction of sp³-hybridized carbons (Fsp3) is 0.231. The standard InChI is InChI=1S/C26H24BrNO4/c27-22-7-3-19(4-8-22)25(29)20-13-15-28(16-14-20)17-18-1-9-23(10-2-18)32-24-11-5-21(6-12-24)26(30)31/h1-12,20H,13-17H2,(H,30,31). The largest absolute Gasteiger partial charge is 0.478 e. The summed E-state index contributed by atoms with van der Waals surface area (Å²) in [5.74, 6) is 0.685. The van der Waals surface area contributed by atoms with Crippen molar-refractivity contribution < 1.29 is 19.4 Å². The summed E-state index contributed by atoms with van der Waals surface area (Å²) in [4.78, 5) is 26.1. The molecule has 0 unspecified atom stereocenters. The summed E-state index contributed by atoms with van der Waals surface area (Å²) in [5, 5.41) is 8.97. The number of hydrogen-bond donors (Lipinski definition) is 1. The molecule has 1 fully saturated rings. The van der Waals surface area contributed by atoms with Gasteiger partial charge in [0.1, 0.15) is 11.5 Å². The highest BCUT2D eigenvalue weighted by Crippen LogP contribution is 2.25. The van der Waals surface area contributed by atoms with E-state index in [1.54, 1.807) is 12.1 Å². The van der Waals surface area contributed by atoms with E-state index in [0.29, 0.717) is 11.5 Å². The maximum atomic E-state index is 12.7. The highest BCUT2D eigenvalue weighted by atomic mass is 79.9. The molecule has 6 heteroatoms. The van der Waals surface area contributed by atoms with Crippen LogP contribution in [0.1, 0.15) is 39.1 Å². The van der Waals surface area contributed by atoms with Crippen LogP contribution in [0, 0.1) is 5.92 Å². The van der Waals surface area contributed by atoms with Crippen molar-refractivity contribution in [1.82, 2.24) is 4.90 Å². The number of likely N-dealkylation sites (tertiary alicyclic amines) is 1.